The first-order valence-electron chi connectivity index (χ1n) is 5.27. The molecule has 0 saturated carbocycles. The summed E-state index contributed by atoms with van der Waals surface area (Å²) >= 11 is 0. The van der Waals surface area contributed by atoms with Gasteiger partial charge in [-0.1, -0.05) is 12.1 Å². The number of benzene rings is 1. The second kappa shape index (κ2) is 7.37. The molecule has 0 aliphatic carbocycles. The molecule has 0 fully saturated rings. The van der Waals surface area contributed by atoms with Crippen LogP contribution in [-0.4, -0.2) is 26.8 Å². The van der Waals surface area contributed by atoms with Crippen molar-refractivity contribution in [2.75, 3.05) is 26.8 Å². The van der Waals surface area contributed by atoms with Crippen LogP contribution in [0.1, 0.15) is 12.0 Å². The van der Waals surface area contributed by atoms with E-state index in [4.69, 9.17) is 4.74 Å². The van der Waals surface area contributed by atoms with Crippen molar-refractivity contribution in [3.63, 3.8) is 0 Å². The Hall–Kier alpha value is -0.930. The molecule has 0 aliphatic heterocycles. The van der Waals surface area contributed by atoms with Crippen LogP contribution in [0, 0.1) is 5.82 Å². The molecule has 0 amide bonds. The first-order chi connectivity index (χ1) is 7.33. The summed E-state index contributed by atoms with van der Waals surface area (Å²) in [5.41, 5.74) is 1.19. The molecule has 0 atom stereocenters. The molecule has 2 nitrogen and oxygen atoms in total. The van der Waals surface area contributed by atoms with Gasteiger partial charge in [-0.25, -0.2) is 4.39 Å². The first-order valence-corrected chi connectivity index (χ1v) is 5.27. The minimum Gasteiger partial charge on any atom is -0.383 e. The quantitative estimate of drug-likeness (QED) is 0.696. The third-order valence-corrected chi connectivity index (χ3v) is 2.22. The van der Waals surface area contributed by atoms with Crippen molar-refractivity contribution in [2.45, 2.75) is 12.8 Å². The molecule has 1 N–H and O–H groups in total. The van der Waals surface area contributed by atoms with Gasteiger partial charge in [-0.2, -0.15) is 0 Å². The highest BCUT2D eigenvalue weighted by Crippen LogP contribution is 2.04. The lowest BCUT2D eigenvalue weighted by molar-refractivity contribution is 0.199. The third-order valence-electron chi connectivity index (χ3n) is 2.22. The predicted octanol–water partition coefficient (Wildman–Crippen LogP) is 1.99. The standard InChI is InChI=1S/C12H18FNO/c1-15-10-9-14-8-2-3-11-4-6-12(13)7-5-11/h4-7,14H,2-3,8-10H2,1H3. The molecule has 3 heteroatoms. The highest BCUT2D eigenvalue weighted by atomic mass is 19.1. The number of halogens is 1. The van der Waals surface area contributed by atoms with E-state index in [9.17, 15) is 4.39 Å². The minimum atomic E-state index is -0.169. The van der Waals surface area contributed by atoms with Gasteiger partial charge in [0.25, 0.3) is 0 Å². The fourth-order valence-electron chi connectivity index (χ4n) is 1.37. The second-order valence-electron chi connectivity index (χ2n) is 3.47. The number of rotatable bonds is 7. The van der Waals surface area contributed by atoms with Crippen molar-refractivity contribution in [1.82, 2.24) is 5.32 Å². The molecule has 15 heavy (non-hydrogen) atoms. The van der Waals surface area contributed by atoms with Crippen LogP contribution in [0.15, 0.2) is 24.3 Å². The number of hydrogen-bond donors (Lipinski definition) is 1. The van der Waals surface area contributed by atoms with E-state index in [1.807, 2.05) is 12.1 Å². The van der Waals surface area contributed by atoms with E-state index in [-0.39, 0.29) is 5.82 Å². The van der Waals surface area contributed by atoms with Crippen molar-refractivity contribution in [3.05, 3.63) is 35.6 Å². The van der Waals surface area contributed by atoms with Gasteiger partial charge in [-0.3, -0.25) is 0 Å². The lowest BCUT2D eigenvalue weighted by Crippen LogP contribution is -2.20. The van der Waals surface area contributed by atoms with Gasteiger partial charge in [0.2, 0.25) is 0 Å². The molecule has 0 unspecified atom stereocenters. The second-order valence-corrected chi connectivity index (χ2v) is 3.47. The maximum atomic E-state index is 12.6. The average molecular weight is 211 g/mol. The summed E-state index contributed by atoms with van der Waals surface area (Å²) in [5.74, 6) is -0.169. The molecule has 0 aromatic heterocycles. The fraction of sp³-hybridized carbons (Fsp3) is 0.500. The zero-order valence-corrected chi connectivity index (χ0v) is 9.13. The Morgan fingerprint density at radius 2 is 1.93 bits per heavy atom. The number of ether oxygens (including phenoxy) is 1. The van der Waals surface area contributed by atoms with E-state index < -0.39 is 0 Å². The van der Waals surface area contributed by atoms with Gasteiger partial charge in [0.1, 0.15) is 5.82 Å². The number of hydrogen-bond acceptors (Lipinski definition) is 2. The van der Waals surface area contributed by atoms with Crippen molar-refractivity contribution in [1.29, 1.82) is 0 Å². The van der Waals surface area contributed by atoms with Crippen LogP contribution < -0.4 is 5.32 Å². The highest BCUT2D eigenvalue weighted by Gasteiger charge is 1.94. The van der Waals surface area contributed by atoms with E-state index in [0.29, 0.717) is 0 Å². The summed E-state index contributed by atoms with van der Waals surface area (Å²) in [6.07, 6.45) is 2.05. The van der Waals surface area contributed by atoms with Gasteiger partial charge in [0, 0.05) is 13.7 Å². The molecular weight excluding hydrogens is 193 g/mol. The Kier molecular flexibility index (Phi) is 5.97. The predicted molar refractivity (Wildman–Crippen MR) is 59.5 cm³/mol. The topological polar surface area (TPSA) is 21.3 Å². The van der Waals surface area contributed by atoms with Gasteiger partial charge in [0.05, 0.1) is 6.61 Å². The fourth-order valence-corrected chi connectivity index (χ4v) is 1.37. The smallest absolute Gasteiger partial charge is 0.123 e. The zero-order chi connectivity index (χ0) is 10.9. The van der Waals surface area contributed by atoms with Crippen molar-refractivity contribution in [2.24, 2.45) is 0 Å². The monoisotopic (exact) mass is 211 g/mol. The maximum Gasteiger partial charge on any atom is 0.123 e. The van der Waals surface area contributed by atoms with Crippen LogP contribution in [0.3, 0.4) is 0 Å². The molecule has 0 bridgehead atoms. The van der Waals surface area contributed by atoms with Crippen LogP contribution in [0.5, 0.6) is 0 Å². The lowest BCUT2D eigenvalue weighted by atomic mass is 10.1. The average Bonchev–Trinajstić information content (AvgIpc) is 2.26. The van der Waals surface area contributed by atoms with Gasteiger partial charge in [0.15, 0.2) is 0 Å². The normalized spacial score (nSPS) is 10.5. The third kappa shape index (κ3) is 5.50. The van der Waals surface area contributed by atoms with Gasteiger partial charge in [-0.05, 0) is 37.1 Å². The van der Waals surface area contributed by atoms with E-state index in [1.54, 1.807) is 7.11 Å². The van der Waals surface area contributed by atoms with Crippen molar-refractivity contribution >= 4 is 0 Å². The van der Waals surface area contributed by atoms with Gasteiger partial charge < -0.3 is 10.1 Å². The van der Waals surface area contributed by atoms with Crippen LogP contribution >= 0.6 is 0 Å². The van der Waals surface area contributed by atoms with E-state index in [1.165, 1.54) is 17.7 Å². The maximum absolute atomic E-state index is 12.6. The lowest BCUT2D eigenvalue weighted by Gasteiger charge is -2.04. The highest BCUT2D eigenvalue weighted by molar-refractivity contribution is 5.15. The molecule has 0 aliphatic rings. The Balaban J connectivity index is 2.07. The van der Waals surface area contributed by atoms with Crippen LogP contribution in [0.4, 0.5) is 4.39 Å². The van der Waals surface area contributed by atoms with Crippen LogP contribution in [-0.2, 0) is 11.2 Å². The molecule has 1 rings (SSSR count). The Bertz CT molecular complexity index is 261. The Morgan fingerprint density at radius 1 is 1.20 bits per heavy atom. The molecule has 84 valence electrons. The molecule has 0 spiro atoms. The Morgan fingerprint density at radius 3 is 2.60 bits per heavy atom. The van der Waals surface area contributed by atoms with Crippen LogP contribution in [0.2, 0.25) is 0 Å². The van der Waals surface area contributed by atoms with E-state index in [2.05, 4.69) is 5.32 Å². The van der Waals surface area contributed by atoms with E-state index in [0.717, 1.165) is 32.5 Å². The molecule has 0 saturated heterocycles. The molecule has 1 aromatic carbocycles. The Labute approximate surface area is 90.4 Å². The van der Waals surface area contributed by atoms with Crippen LogP contribution in [0.25, 0.3) is 0 Å². The first kappa shape index (κ1) is 12.1. The number of methoxy groups -OCH3 is 1. The molecular formula is C12H18FNO. The SMILES string of the molecule is COCCNCCCc1ccc(F)cc1. The minimum absolute atomic E-state index is 0.169. The molecule has 1 aromatic rings. The van der Waals surface area contributed by atoms with E-state index >= 15 is 0 Å². The summed E-state index contributed by atoms with van der Waals surface area (Å²) in [6, 6.07) is 6.69. The molecule has 0 radical (unpaired) electrons. The number of nitrogens with one attached hydrogen (secondary N) is 1. The summed E-state index contributed by atoms with van der Waals surface area (Å²) in [5, 5.41) is 3.27. The summed E-state index contributed by atoms with van der Waals surface area (Å²) < 4.78 is 17.5. The summed E-state index contributed by atoms with van der Waals surface area (Å²) in [7, 11) is 1.69. The summed E-state index contributed by atoms with van der Waals surface area (Å²) in [4.78, 5) is 0. The molecule has 0 heterocycles. The zero-order valence-electron chi connectivity index (χ0n) is 9.13. The van der Waals surface area contributed by atoms with Gasteiger partial charge in [-0.15, -0.1) is 0 Å². The number of aryl methyl sites for hydroxylation is 1. The van der Waals surface area contributed by atoms with Gasteiger partial charge >= 0.3 is 0 Å². The largest absolute Gasteiger partial charge is 0.383 e. The van der Waals surface area contributed by atoms with Crippen molar-refractivity contribution < 1.29 is 9.13 Å². The summed E-state index contributed by atoms with van der Waals surface area (Å²) in [6.45, 7) is 2.61. The van der Waals surface area contributed by atoms with Crippen molar-refractivity contribution in [3.8, 4) is 0 Å².